The number of aliphatic carboxylic acids is 1. The van der Waals surface area contributed by atoms with Crippen LogP contribution in [0.1, 0.15) is 52.9 Å². The van der Waals surface area contributed by atoms with E-state index in [0.29, 0.717) is 12.8 Å². The molecule has 1 heterocycles. The normalized spacial score (nSPS) is 20.2. The van der Waals surface area contributed by atoms with Crippen LogP contribution in [0.2, 0.25) is 0 Å². The van der Waals surface area contributed by atoms with Gasteiger partial charge in [-0.05, 0) is 39.0 Å². The second kappa shape index (κ2) is 6.78. The SMILES string of the molecule is CCC(CC)(CNC(=O)N1CCCCC1C)C(=O)O. The van der Waals surface area contributed by atoms with Gasteiger partial charge < -0.3 is 15.3 Å². The lowest BCUT2D eigenvalue weighted by Gasteiger charge is -2.35. The van der Waals surface area contributed by atoms with Crippen LogP contribution in [0.25, 0.3) is 0 Å². The molecule has 0 aromatic carbocycles. The molecular weight excluding hydrogens is 244 g/mol. The van der Waals surface area contributed by atoms with E-state index in [-0.39, 0.29) is 18.6 Å². The van der Waals surface area contributed by atoms with Gasteiger partial charge in [-0.1, -0.05) is 13.8 Å². The highest BCUT2D eigenvalue weighted by Gasteiger charge is 2.36. The van der Waals surface area contributed by atoms with Gasteiger partial charge in [-0.15, -0.1) is 0 Å². The fourth-order valence-electron chi connectivity index (χ4n) is 2.62. The number of likely N-dealkylation sites (tertiary alicyclic amines) is 1. The maximum absolute atomic E-state index is 12.1. The number of hydrogen-bond acceptors (Lipinski definition) is 2. The van der Waals surface area contributed by atoms with Crippen LogP contribution < -0.4 is 5.32 Å². The Balaban J connectivity index is 2.59. The first kappa shape index (κ1) is 15.8. The Labute approximate surface area is 115 Å². The fourth-order valence-corrected chi connectivity index (χ4v) is 2.62. The average molecular weight is 270 g/mol. The second-order valence-corrected chi connectivity index (χ2v) is 5.49. The van der Waals surface area contributed by atoms with E-state index in [2.05, 4.69) is 5.32 Å². The summed E-state index contributed by atoms with van der Waals surface area (Å²) in [6, 6.07) is 0.121. The van der Waals surface area contributed by atoms with Gasteiger partial charge in [0.2, 0.25) is 0 Å². The number of nitrogens with zero attached hydrogens (tertiary/aromatic N) is 1. The zero-order chi connectivity index (χ0) is 14.5. The first-order chi connectivity index (χ1) is 8.96. The maximum Gasteiger partial charge on any atom is 0.317 e. The van der Waals surface area contributed by atoms with Crippen molar-refractivity contribution in [2.24, 2.45) is 5.41 Å². The molecule has 19 heavy (non-hydrogen) atoms. The van der Waals surface area contributed by atoms with Crippen LogP contribution in [0, 0.1) is 5.41 Å². The molecule has 1 aliphatic heterocycles. The molecule has 1 unspecified atom stereocenters. The van der Waals surface area contributed by atoms with Gasteiger partial charge in [-0.2, -0.15) is 0 Å². The maximum atomic E-state index is 12.1. The van der Waals surface area contributed by atoms with Crippen LogP contribution in [0.4, 0.5) is 4.79 Å². The molecule has 1 saturated heterocycles. The molecule has 1 fully saturated rings. The molecule has 1 rings (SSSR count). The predicted molar refractivity (Wildman–Crippen MR) is 74.1 cm³/mol. The van der Waals surface area contributed by atoms with Crippen molar-refractivity contribution in [2.45, 2.75) is 58.9 Å². The quantitative estimate of drug-likeness (QED) is 0.806. The fraction of sp³-hybridized carbons (Fsp3) is 0.857. The van der Waals surface area contributed by atoms with Crippen molar-refractivity contribution in [3.63, 3.8) is 0 Å². The summed E-state index contributed by atoms with van der Waals surface area (Å²) >= 11 is 0. The van der Waals surface area contributed by atoms with Crippen LogP contribution in [0.15, 0.2) is 0 Å². The van der Waals surface area contributed by atoms with Gasteiger partial charge in [0.05, 0.1) is 5.41 Å². The highest BCUT2D eigenvalue weighted by Crippen LogP contribution is 2.26. The number of amides is 2. The van der Waals surface area contributed by atoms with Crippen molar-refractivity contribution in [1.29, 1.82) is 0 Å². The van der Waals surface area contributed by atoms with E-state index in [1.165, 1.54) is 0 Å². The molecule has 0 aliphatic carbocycles. The molecule has 0 bridgehead atoms. The molecule has 5 heteroatoms. The van der Waals surface area contributed by atoms with E-state index in [9.17, 15) is 14.7 Å². The molecular formula is C14H26N2O3. The minimum atomic E-state index is -0.839. The molecule has 0 radical (unpaired) electrons. The third kappa shape index (κ3) is 3.61. The topological polar surface area (TPSA) is 69.6 Å². The Bertz CT molecular complexity index is 327. The summed E-state index contributed by atoms with van der Waals surface area (Å²) in [7, 11) is 0. The van der Waals surface area contributed by atoms with Crippen LogP contribution in [-0.4, -0.2) is 41.1 Å². The van der Waals surface area contributed by atoms with Gasteiger partial charge in [-0.3, -0.25) is 4.79 Å². The van der Waals surface area contributed by atoms with Crippen molar-refractivity contribution in [3.05, 3.63) is 0 Å². The first-order valence-corrected chi connectivity index (χ1v) is 7.24. The molecule has 1 aliphatic rings. The van der Waals surface area contributed by atoms with Crippen molar-refractivity contribution < 1.29 is 14.7 Å². The minimum absolute atomic E-state index is 0.125. The Kier molecular flexibility index (Phi) is 5.63. The summed E-state index contributed by atoms with van der Waals surface area (Å²) in [5.41, 5.74) is -0.839. The van der Waals surface area contributed by atoms with E-state index in [4.69, 9.17) is 0 Å². The van der Waals surface area contributed by atoms with E-state index >= 15 is 0 Å². The average Bonchev–Trinajstić information content (AvgIpc) is 2.40. The van der Waals surface area contributed by atoms with E-state index in [1.807, 2.05) is 25.7 Å². The van der Waals surface area contributed by atoms with Gasteiger partial charge in [-0.25, -0.2) is 4.79 Å². The first-order valence-electron chi connectivity index (χ1n) is 7.24. The van der Waals surface area contributed by atoms with E-state index < -0.39 is 11.4 Å². The standard InChI is InChI=1S/C14H26N2O3/c1-4-14(5-2,12(17)18)10-15-13(19)16-9-7-6-8-11(16)3/h11H,4-10H2,1-3H3,(H,15,19)(H,17,18). The zero-order valence-corrected chi connectivity index (χ0v) is 12.2. The van der Waals surface area contributed by atoms with E-state index in [1.54, 1.807) is 0 Å². The molecule has 2 N–H and O–H groups in total. The Morgan fingerprint density at radius 2 is 1.95 bits per heavy atom. The molecule has 0 aromatic rings. The molecule has 5 nitrogen and oxygen atoms in total. The van der Waals surface area contributed by atoms with E-state index in [0.717, 1.165) is 25.8 Å². The van der Waals surface area contributed by atoms with Gasteiger partial charge in [0.1, 0.15) is 0 Å². The van der Waals surface area contributed by atoms with Crippen LogP contribution in [0.5, 0.6) is 0 Å². The number of hydrogen-bond donors (Lipinski definition) is 2. The number of rotatable bonds is 5. The highest BCUT2D eigenvalue weighted by atomic mass is 16.4. The second-order valence-electron chi connectivity index (χ2n) is 5.49. The monoisotopic (exact) mass is 270 g/mol. The Hall–Kier alpha value is -1.26. The number of carbonyl (C=O) groups is 2. The molecule has 0 spiro atoms. The third-order valence-electron chi connectivity index (χ3n) is 4.45. The molecule has 1 atom stereocenters. The molecule has 0 aromatic heterocycles. The van der Waals surface area contributed by atoms with Crippen molar-refractivity contribution in [3.8, 4) is 0 Å². The number of nitrogens with one attached hydrogen (secondary N) is 1. The largest absolute Gasteiger partial charge is 0.481 e. The number of carboxylic acids is 1. The summed E-state index contributed by atoms with van der Waals surface area (Å²) in [5.74, 6) is -0.829. The lowest BCUT2D eigenvalue weighted by Crippen LogP contribution is -2.51. The molecule has 0 saturated carbocycles. The van der Waals surface area contributed by atoms with Crippen molar-refractivity contribution in [1.82, 2.24) is 10.2 Å². The van der Waals surface area contributed by atoms with Crippen LogP contribution in [-0.2, 0) is 4.79 Å². The van der Waals surface area contributed by atoms with Gasteiger partial charge in [0.25, 0.3) is 0 Å². The third-order valence-corrected chi connectivity index (χ3v) is 4.45. The lowest BCUT2D eigenvalue weighted by molar-refractivity contribution is -0.149. The van der Waals surface area contributed by atoms with Crippen molar-refractivity contribution >= 4 is 12.0 Å². The summed E-state index contributed by atoms with van der Waals surface area (Å²) in [6.07, 6.45) is 4.26. The summed E-state index contributed by atoms with van der Waals surface area (Å²) in [6.45, 7) is 6.73. The minimum Gasteiger partial charge on any atom is -0.481 e. The molecule has 2 amide bonds. The number of carbonyl (C=O) groups excluding carboxylic acids is 1. The highest BCUT2D eigenvalue weighted by molar-refractivity contribution is 5.78. The van der Waals surface area contributed by atoms with Gasteiger partial charge in [0.15, 0.2) is 0 Å². The predicted octanol–water partition coefficient (Wildman–Crippen LogP) is 2.46. The van der Waals surface area contributed by atoms with Crippen molar-refractivity contribution in [2.75, 3.05) is 13.1 Å². The number of urea groups is 1. The summed E-state index contributed by atoms with van der Waals surface area (Å²) in [4.78, 5) is 25.3. The van der Waals surface area contributed by atoms with Gasteiger partial charge >= 0.3 is 12.0 Å². The summed E-state index contributed by atoms with van der Waals surface area (Å²) < 4.78 is 0. The Morgan fingerprint density at radius 1 is 1.32 bits per heavy atom. The number of piperidine rings is 1. The van der Waals surface area contributed by atoms with Crippen LogP contribution >= 0.6 is 0 Å². The van der Waals surface area contributed by atoms with Gasteiger partial charge in [0, 0.05) is 19.1 Å². The van der Waals surface area contributed by atoms with Crippen LogP contribution in [0.3, 0.4) is 0 Å². The number of carboxylic acid groups (broad SMARTS) is 1. The molecule has 110 valence electrons. The zero-order valence-electron chi connectivity index (χ0n) is 12.2. The Morgan fingerprint density at radius 3 is 2.42 bits per heavy atom. The lowest BCUT2D eigenvalue weighted by atomic mass is 9.82. The smallest absolute Gasteiger partial charge is 0.317 e. The summed E-state index contributed by atoms with van der Waals surface area (Å²) in [5, 5.41) is 12.1.